The van der Waals surface area contributed by atoms with Crippen molar-refractivity contribution in [2.24, 2.45) is 11.1 Å². The molecule has 2 aromatic rings. The zero-order valence-corrected chi connectivity index (χ0v) is 14.3. The molecule has 0 aliphatic carbocycles. The van der Waals surface area contributed by atoms with Gasteiger partial charge in [0.1, 0.15) is 5.82 Å². The smallest absolute Gasteiger partial charge is 0.264 e. The molecule has 0 radical (unpaired) electrons. The largest absolute Gasteiger partial charge is 0.382 e. The van der Waals surface area contributed by atoms with Gasteiger partial charge in [-0.2, -0.15) is 0 Å². The van der Waals surface area contributed by atoms with Crippen LogP contribution in [0.5, 0.6) is 0 Å². The average Bonchev–Trinajstić information content (AvgIpc) is 3.10. The van der Waals surface area contributed by atoms with Gasteiger partial charge in [0, 0.05) is 12.0 Å². The Morgan fingerprint density at radius 2 is 1.96 bits per heavy atom. The van der Waals surface area contributed by atoms with E-state index in [-0.39, 0.29) is 23.7 Å². The van der Waals surface area contributed by atoms with Crippen LogP contribution < -0.4 is 5.32 Å². The fourth-order valence-electron chi connectivity index (χ4n) is 2.90. The molecular formula is C20H21FN2O2. The summed E-state index contributed by atoms with van der Waals surface area (Å²) in [5.74, 6) is -0.314. The van der Waals surface area contributed by atoms with Crippen LogP contribution in [0.2, 0.25) is 0 Å². The zero-order chi connectivity index (χ0) is 17.8. The molecule has 2 atom stereocenters. The topological polar surface area (TPSA) is 50.7 Å². The van der Waals surface area contributed by atoms with E-state index in [1.165, 1.54) is 12.1 Å². The van der Waals surface area contributed by atoms with Crippen molar-refractivity contribution in [2.75, 3.05) is 0 Å². The monoisotopic (exact) mass is 340 g/mol. The first-order valence-corrected chi connectivity index (χ1v) is 8.38. The highest BCUT2D eigenvalue weighted by atomic mass is 19.1. The first-order chi connectivity index (χ1) is 12.0. The maximum atomic E-state index is 13.3. The van der Waals surface area contributed by atoms with Crippen LogP contribution in [0.15, 0.2) is 59.8 Å². The van der Waals surface area contributed by atoms with Crippen molar-refractivity contribution in [1.29, 1.82) is 0 Å². The van der Waals surface area contributed by atoms with Crippen LogP contribution in [0.25, 0.3) is 0 Å². The second-order valence-electron chi connectivity index (χ2n) is 6.49. The van der Waals surface area contributed by atoms with E-state index in [9.17, 15) is 9.18 Å². The summed E-state index contributed by atoms with van der Waals surface area (Å²) in [7, 11) is 0. The lowest BCUT2D eigenvalue weighted by Gasteiger charge is -2.24. The molecule has 3 rings (SSSR count). The van der Waals surface area contributed by atoms with Gasteiger partial charge in [0.2, 0.25) is 6.10 Å². The third kappa shape index (κ3) is 4.05. The quantitative estimate of drug-likeness (QED) is 0.899. The van der Waals surface area contributed by atoms with Gasteiger partial charge in [-0.15, -0.1) is 0 Å². The second-order valence-corrected chi connectivity index (χ2v) is 6.49. The molecule has 1 heterocycles. The fraction of sp³-hybridized carbons (Fsp3) is 0.300. The van der Waals surface area contributed by atoms with Gasteiger partial charge >= 0.3 is 0 Å². The predicted molar refractivity (Wildman–Crippen MR) is 94.6 cm³/mol. The van der Waals surface area contributed by atoms with E-state index in [4.69, 9.17) is 4.84 Å². The van der Waals surface area contributed by atoms with Gasteiger partial charge in [-0.05, 0) is 23.6 Å². The van der Waals surface area contributed by atoms with Gasteiger partial charge in [0.25, 0.3) is 5.91 Å². The van der Waals surface area contributed by atoms with E-state index in [2.05, 4.69) is 24.3 Å². The summed E-state index contributed by atoms with van der Waals surface area (Å²) in [6.07, 6.45) is -0.363. The van der Waals surface area contributed by atoms with E-state index in [1.54, 1.807) is 12.1 Å². The van der Waals surface area contributed by atoms with Gasteiger partial charge in [0.15, 0.2) is 0 Å². The van der Waals surface area contributed by atoms with Crippen molar-refractivity contribution < 1.29 is 14.0 Å². The molecule has 5 heteroatoms. The van der Waals surface area contributed by atoms with Crippen LogP contribution in [0.4, 0.5) is 4.39 Å². The molecule has 0 unspecified atom stereocenters. The van der Waals surface area contributed by atoms with E-state index in [0.717, 1.165) is 5.56 Å². The fourth-order valence-corrected chi connectivity index (χ4v) is 2.90. The molecule has 1 aliphatic rings. The van der Waals surface area contributed by atoms with Crippen LogP contribution in [-0.4, -0.2) is 17.7 Å². The van der Waals surface area contributed by atoms with E-state index < -0.39 is 6.10 Å². The number of carbonyl (C=O) groups excluding carboxylic acids is 1. The molecule has 2 aromatic carbocycles. The number of amides is 1. The minimum absolute atomic E-state index is 0.101. The van der Waals surface area contributed by atoms with Gasteiger partial charge in [0.05, 0.1) is 11.8 Å². The predicted octanol–water partition coefficient (Wildman–Crippen LogP) is 3.83. The maximum Gasteiger partial charge on any atom is 0.264 e. The van der Waals surface area contributed by atoms with Gasteiger partial charge in [-0.3, -0.25) is 4.79 Å². The standard InChI is InChI=1S/C20H21FN2O2/c1-13(2)19(14-7-4-3-5-8-14)22-20(24)18-12-17(23-25-18)15-9-6-10-16(21)11-15/h3-11,13,18-19H,12H2,1-2H3,(H,22,24)/t18-,19-/m1/s1. The van der Waals surface area contributed by atoms with Crippen molar-refractivity contribution in [1.82, 2.24) is 5.32 Å². The zero-order valence-electron chi connectivity index (χ0n) is 14.3. The normalized spacial score (nSPS) is 17.8. The Kier molecular flexibility index (Phi) is 5.12. The molecule has 1 amide bonds. The summed E-state index contributed by atoms with van der Waals surface area (Å²) in [5, 5.41) is 7.01. The number of oxime groups is 1. The average molecular weight is 340 g/mol. The highest BCUT2D eigenvalue weighted by Gasteiger charge is 2.31. The third-order valence-electron chi connectivity index (χ3n) is 4.24. The molecule has 130 valence electrons. The van der Waals surface area contributed by atoms with Crippen molar-refractivity contribution in [3.05, 3.63) is 71.5 Å². The van der Waals surface area contributed by atoms with Crippen LogP contribution >= 0.6 is 0 Å². The van der Waals surface area contributed by atoms with E-state index in [0.29, 0.717) is 17.7 Å². The third-order valence-corrected chi connectivity index (χ3v) is 4.24. The van der Waals surface area contributed by atoms with Crippen LogP contribution in [-0.2, 0) is 9.63 Å². The molecule has 0 aromatic heterocycles. The van der Waals surface area contributed by atoms with Crippen molar-refractivity contribution in [2.45, 2.75) is 32.4 Å². The number of rotatable bonds is 5. The Morgan fingerprint density at radius 1 is 1.20 bits per heavy atom. The molecule has 0 spiro atoms. The molecule has 0 fully saturated rings. The van der Waals surface area contributed by atoms with Crippen molar-refractivity contribution in [3.8, 4) is 0 Å². The summed E-state index contributed by atoms with van der Waals surface area (Å²) in [6.45, 7) is 4.12. The number of hydrogen-bond donors (Lipinski definition) is 1. The van der Waals surface area contributed by atoms with Crippen molar-refractivity contribution >= 4 is 11.6 Å². The first kappa shape index (κ1) is 17.1. The van der Waals surface area contributed by atoms with Crippen LogP contribution in [0, 0.1) is 11.7 Å². The van der Waals surface area contributed by atoms with E-state index >= 15 is 0 Å². The highest BCUT2D eigenvalue weighted by molar-refractivity contribution is 6.04. The second kappa shape index (κ2) is 7.47. The SMILES string of the molecule is CC(C)[C@@H](NC(=O)[C@H]1CC(c2cccc(F)c2)=NO1)c1ccccc1. The van der Waals surface area contributed by atoms with Gasteiger partial charge in [-0.1, -0.05) is 61.5 Å². The molecule has 0 bridgehead atoms. The highest BCUT2D eigenvalue weighted by Crippen LogP contribution is 2.23. The van der Waals surface area contributed by atoms with Gasteiger partial charge < -0.3 is 10.2 Å². The number of nitrogens with zero attached hydrogens (tertiary/aromatic N) is 1. The molecule has 0 saturated carbocycles. The first-order valence-electron chi connectivity index (χ1n) is 8.38. The molecule has 0 saturated heterocycles. The minimum Gasteiger partial charge on any atom is -0.382 e. The molecule has 1 aliphatic heterocycles. The Labute approximate surface area is 146 Å². The number of hydrogen-bond acceptors (Lipinski definition) is 3. The number of benzene rings is 2. The summed E-state index contributed by atoms with van der Waals surface area (Å²) >= 11 is 0. The molecule has 4 nitrogen and oxygen atoms in total. The lowest BCUT2D eigenvalue weighted by molar-refractivity contribution is -0.132. The van der Waals surface area contributed by atoms with Crippen LogP contribution in [0.1, 0.15) is 37.4 Å². The number of carbonyl (C=O) groups is 1. The lowest BCUT2D eigenvalue weighted by Crippen LogP contribution is -2.39. The minimum atomic E-state index is -0.691. The summed E-state index contributed by atoms with van der Waals surface area (Å²) in [6, 6.07) is 15.9. The Morgan fingerprint density at radius 3 is 2.64 bits per heavy atom. The van der Waals surface area contributed by atoms with Crippen molar-refractivity contribution in [3.63, 3.8) is 0 Å². The summed E-state index contributed by atoms with van der Waals surface area (Å²) < 4.78 is 13.3. The Bertz CT molecular complexity index is 774. The Hall–Kier alpha value is -2.69. The number of nitrogens with one attached hydrogen (secondary N) is 1. The van der Waals surface area contributed by atoms with E-state index in [1.807, 2.05) is 30.3 Å². The molecule has 1 N–H and O–H groups in total. The molecule has 25 heavy (non-hydrogen) atoms. The Balaban J connectivity index is 1.66. The summed E-state index contributed by atoms with van der Waals surface area (Å²) in [5.41, 5.74) is 2.27. The maximum absolute atomic E-state index is 13.3. The lowest BCUT2D eigenvalue weighted by atomic mass is 9.95. The van der Waals surface area contributed by atoms with Gasteiger partial charge in [-0.25, -0.2) is 4.39 Å². The molecular weight excluding hydrogens is 319 g/mol. The summed E-state index contributed by atoms with van der Waals surface area (Å²) in [4.78, 5) is 17.9. The van der Waals surface area contributed by atoms with Crippen LogP contribution in [0.3, 0.4) is 0 Å². The number of halogens is 1.